The molecule has 0 spiro atoms. The number of hydrogen-bond acceptors (Lipinski definition) is 9. The van der Waals surface area contributed by atoms with Gasteiger partial charge in [0, 0.05) is 24.7 Å². The van der Waals surface area contributed by atoms with Gasteiger partial charge in [0.05, 0.1) is 53.5 Å². The number of rotatable bonds is 11. The summed E-state index contributed by atoms with van der Waals surface area (Å²) in [7, 11) is 0. The van der Waals surface area contributed by atoms with E-state index in [1.54, 1.807) is 16.7 Å². The van der Waals surface area contributed by atoms with Gasteiger partial charge in [-0.2, -0.15) is 19.1 Å². The fourth-order valence-corrected chi connectivity index (χ4v) is 3.68. The molecule has 2 atom stereocenters. The first-order valence-electron chi connectivity index (χ1n) is 12.1. The zero-order valence-corrected chi connectivity index (χ0v) is 21.7. The standard InChI is InChI=1S/C25H26F3N9O3/c1-14(40-24(27)28)11-36-12-16(8-34-36)35-18-5-21(37-13-33-19-4-15(6-29)7-31-22(19)37)30-9-17(18)23(38)32-10-20(26)25(2,3)39/h4-5,7-9,12-14,20,24,39H,10-11H2,1-3H3,(H,30,35)(H,32,38). The number of carbonyl (C=O) groups is 1. The number of aliphatic hydroxyl groups is 1. The number of imidazole rings is 1. The summed E-state index contributed by atoms with van der Waals surface area (Å²) >= 11 is 0. The van der Waals surface area contributed by atoms with Crippen LogP contribution in [0.4, 0.5) is 24.5 Å². The molecule has 210 valence electrons. The van der Waals surface area contributed by atoms with Crippen molar-refractivity contribution >= 4 is 28.4 Å². The number of aromatic nitrogens is 6. The molecule has 4 rings (SSSR count). The average molecular weight is 558 g/mol. The third kappa shape index (κ3) is 6.71. The van der Waals surface area contributed by atoms with Gasteiger partial charge in [0.2, 0.25) is 0 Å². The Morgan fingerprint density at radius 1 is 1.20 bits per heavy atom. The van der Waals surface area contributed by atoms with E-state index >= 15 is 0 Å². The molecule has 4 heterocycles. The molecule has 1 amide bonds. The molecule has 40 heavy (non-hydrogen) atoms. The van der Waals surface area contributed by atoms with E-state index in [1.165, 1.54) is 56.6 Å². The van der Waals surface area contributed by atoms with E-state index in [4.69, 9.17) is 5.26 Å². The highest BCUT2D eigenvalue weighted by atomic mass is 19.3. The number of ether oxygens (including phenoxy) is 1. The lowest BCUT2D eigenvalue weighted by Gasteiger charge is -2.22. The summed E-state index contributed by atoms with van der Waals surface area (Å²) in [5.41, 5.74) is 0.285. The van der Waals surface area contributed by atoms with Crippen LogP contribution in [0.5, 0.6) is 0 Å². The van der Waals surface area contributed by atoms with Crippen LogP contribution in [-0.2, 0) is 11.3 Å². The van der Waals surface area contributed by atoms with E-state index < -0.39 is 36.9 Å². The smallest absolute Gasteiger partial charge is 0.345 e. The Hall–Kier alpha value is -4.55. The first-order valence-corrected chi connectivity index (χ1v) is 12.1. The van der Waals surface area contributed by atoms with Crippen LogP contribution in [0.2, 0.25) is 0 Å². The van der Waals surface area contributed by atoms with Crippen molar-refractivity contribution in [3.63, 3.8) is 0 Å². The summed E-state index contributed by atoms with van der Waals surface area (Å²) in [5.74, 6) is -0.336. The molecule has 0 aliphatic rings. The van der Waals surface area contributed by atoms with Gasteiger partial charge in [-0.05, 0) is 26.8 Å². The Kier molecular flexibility index (Phi) is 8.31. The molecule has 15 heteroatoms. The van der Waals surface area contributed by atoms with Crippen molar-refractivity contribution in [2.24, 2.45) is 0 Å². The van der Waals surface area contributed by atoms with Gasteiger partial charge in [-0.15, -0.1) is 0 Å². The summed E-state index contributed by atoms with van der Waals surface area (Å²) < 4.78 is 46.7. The van der Waals surface area contributed by atoms with E-state index in [-0.39, 0.29) is 17.8 Å². The molecule has 0 radical (unpaired) electrons. The molecular weight excluding hydrogens is 531 g/mol. The maximum Gasteiger partial charge on any atom is 0.345 e. The van der Waals surface area contributed by atoms with Crippen molar-refractivity contribution in [2.45, 2.75) is 51.8 Å². The van der Waals surface area contributed by atoms with Crippen LogP contribution >= 0.6 is 0 Å². The second kappa shape index (κ2) is 11.7. The highest BCUT2D eigenvalue weighted by Crippen LogP contribution is 2.25. The van der Waals surface area contributed by atoms with Crippen molar-refractivity contribution in [3.8, 4) is 11.9 Å². The van der Waals surface area contributed by atoms with Crippen molar-refractivity contribution in [2.75, 3.05) is 11.9 Å². The van der Waals surface area contributed by atoms with E-state index in [2.05, 4.69) is 35.4 Å². The third-order valence-electron chi connectivity index (χ3n) is 5.80. The minimum absolute atomic E-state index is 0.0488. The number of alkyl halides is 3. The number of carbonyl (C=O) groups excluding carboxylic acids is 1. The number of fused-ring (bicyclic) bond motifs is 1. The van der Waals surface area contributed by atoms with Crippen LogP contribution in [-0.4, -0.2) is 71.3 Å². The zero-order valence-electron chi connectivity index (χ0n) is 21.7. The number of halogens is 3. The molecule has 2 unspecified atom stereocenters. The number of nitrogens with one attached hydrogen (secondary N) is 2. The van der Waals surface area contributed by atoms with Gasteiger partial charge >= 0.3 is 6.61 Å². The summed E-state index contributed by atoms with van der Waals surface area (Å²) in [6.45, 7) is 0.753. The molecule has 0 saturated heterocycles. The molecule has 0 aromatic carbocycles. The number of pyridine rings is 2. The lowest BCUT2D eigenvalue weighted by Crippen LogP contribution is -2.42. The van der Waals surface area contributed by atoms with Crippen molar-refractivity contribution in [1.82, 2.24) is 34.6 Å². The van der Waals surface area contributed by atoms with Crippen LogP contribution in [0, 0.1) is 11.3 Å². The first-order chi connectivity index (χ1) is 18.9. The van der Waals surface area contributed by atoms with Crippen LogP contribution in [0.25, 0.3) is 17.0 Å². The number of nitrogens with zero attached hydrogens (tertiary/aromatic N) is 7. The molecule has 3 N–H and O–H groups in total. The highest BCUT2D eigenvalue weighted by molar-refractivity contribution is 6.00. The van der Waals surface area contributed by atoms with Gasteiger partial charge in [-0.1, -0.05) is 0 Å². The van der Waals surface area contributed by atoms with Crippen LogP contribution in [0.15, 0.2) is 43.2 Å². The third-order valence-corrected chi connectivity index (χ3v) is 5.80. The molecule has 0 aliphatic heterocycles. The fraction of sp³-hybridized carbons (Fsp3) is 0.360. The zero-order chi connectivity index (χ0) is 29.0. The summed E-state index contributed by atoms with van der Waals surface area (Å²) in [4.78, 5) is 25.9. The Labute approximate surface area is 226 Å². The highest BCUT2D eigenvalue weighted by Gasteiger charge is 2.27. The number of nitriles is 1. The quantitative estimate of drug-likeness (QED) is 0.252. The van der Waals surface area contributed by atoms with Crippen LogP contribution < -0.4 is 10.6 Å². The molecule has 12 nitrogen and oxygen atoms in total. The summed E-state index contributed by atoms with van der Waals surface area (Å²) in [5, 5.41) is 28.6. The Morgan fingerprint density at radius 2 is 1.98 bits per heavy atom. The predicted molar refractivity (Wildman–Crippen MR) is 137 cm³/mol. The van der Waals surface area contributed by atoms with Gasteiger partial charge in [-0.25, -0.2) is 19.3 Å². The molecular formula is C25H26F3N9O3. The van der Waals surface area contributed by atoms with Crippen LogP contribution in [0.1, 0.15) is 36.7 Å². The topological polar surface area (TPSA) is 156 Å². The monoisotopic (exact) mass is 557 g/mol. The minimum atomic E-state index is -2.92. The Morgan fingerprint density at radius 3 is 2.67 bits per heavy atom. The maximum atomic E-state index is 14.3. The molecule has 0 bridgehead atoms. The second-order valence-electron chi connectivity index (χ2n) is 9.50. The van der Waals surface area contributed by atoms with Crippen molar-refractivity contribution in [1.29, 1.82) is 5.26 Å². The number of anilines is 2. The van der Waals surface area contributed by atoms with E-state index in [0.29, 0.717) is 28.2 Å². The lowest BCUT2D eigenvalue weighted by atomic mass is 10.0. The second-order valence-corrected chi connectivity index (χ2v) is 9.50. The van der Waals surface area contributed by atoms with Crippen molar-refractivity contribution in [3.05, 3.63) is 54.4 Å². The van der Waals surface area contributed by atoms with E-state index in [9.17, 15) is 23.1 Å². The van der Waals surface area contributed by atoms with Gasteiger partial charge in [0.15, 0.2) is 5.65 Å². The van der Waals surface area contributed by atoms with Gasteiger partial charge in [0.25, 0.3) is 5.91 Å². The van der Waals surface area contributed by atoms with E-state index in [0.717, 1.165) is 0 Å². The Balaban J connectivity index is 1.65. The SMILES string of the molecule is CC(Cn1cc(Nc2cc(-n3cnc4cc(C#N)cnc43)ncc2C(=O)NCC(F)C(C)(C)O)cn1)OC(F)F. The Bertz CT molecular complexity index is 1540. The summed E-state index contributed by atoms with van der Waals surface area (Å²) in [6, 6.07) is 5.11. The number of hydrogen-bond donors (Lipinski definition) is 3. The lowest BCUT2D eigenvalue weighted by molar-refractivity contribution is -0.161. The average Bonchev–Trinajstić information content (AvgIpc) is 3.52. The first kappa shape index (κ1) is 28.5. The largest absolute Gasteiger partial charge is 0.387 e. The van der Waals surface area contributed by atoms with Gasteiger partial charge in [0.1, 0.15) is 29.9 Å². The van der Waals surface area contributed by atoms with Gasteiger partial charge in [-0.3, -0.25) is 14.0 Å². The minimum Gasteiger partial charge on any atom is -0.387 e. The molecule has 0 fully saturated rings. The fourth-order valence-electron chi connectivity index (χ4n) is 3.68. The van der Waals surface area contributed by atoms with Crippen molar-refractivity contribution < 1.29 is 27.8 Å². The predicted octanol–water partition coefficient (Wildman–Crippen LogP) is 3.09. The van der Waals surface area contributed by atoms with Crippen LogP contribution in [0.3, 0.4) is 0 Å². The number of amides is 1. The normalized spacial score (nSPS) is 13.3. The van der Waals surface area contributed by atoms with Gasteiger partial charge < -0.3 is 20.5 Å². The van der Waals surface area contributed by atoms with E-state index in [1.807, 2.05) is 6.07 Å². The maximum absolute atomic E-state index is 14.3. The molecule has 4 aromatic heterocycles. The summed E-state index contributed by atoms with van der Waals surface area (Å²) in [6.07, 6.45) is 4.57. The molecule has 4 aromatic rings. The molecule has 0 saturated carbocycles. The molecule has 0 aliphatic carbocycles.